The van der Waals surface area contributed by atoms with Crippen LogP contribution in [0.2, 0.25) is 0 Å². The highest BCUT2D eigenvalue weighted by molar-refractivity contribution is 4.68. The Morgan fingerprint density at radius 1 is 0.929 bits per heavy atom. The summed E-state index contributed by atoms with van der Waals surface area (Å²) in [4.78, 5) is 0. The lowest BCUT2D eigenvalue weighted by atomic mass is 9.82. The van der Waals surface area contributed by atoms with E-state index in [1.54, 1.807) is 0 Å². The molecule has 0 saturated carbocycles. The maximum Gasteiger partial charge on any atom is -0.0354 e. The van der Waals surface area contributed by atoms with Crippen LogP contribution in [0.25, 0.3) is 0 Å². The second kappa shape index (κ2) is 7.31. The van der Waals surface area contributed by atoms with Crippen LogP contribution in [0.3, 0.4) is 0 Å². The number of unbranched alkanes of at least 4 members (excludes halogenated alkanes) is 2. The highest BCUT2D eigenvalue weighted by Crippen LogP contribution is 2.30. The van der Waals surface area contributed by atoms with Gasteiger partial charge >= 0.3 is 0 Å². The van der Waals surface area contributed by atoms with Gasteiger partial charge in [0.05, 0.1) is 0 Å². The van der Waals surface area contributed by atoms with E-state index in [0.29, 0.717) is 5.41 Å². The lowest BCUT2D eigenvalue weighted by Crippen LogP contribution is -2.10. The van der Waals surface area contributed by atoms with Gasteiger partial charge in [0, 0.05) is 0 Å². The summed E-state index contributed by atoms with van der Waals surface area (Å²) in [7, 11) is 0. The van der Waals surface area contributed by atoms with Crippen LogP contribution in [-0.4, -0.2) is 0 Å². The van der Waals surface area contributed by atoms with Crippen molar-refractivity contribution in [3.05, 3.63) is 0 Å². The third-order valence-electron chi connectivity index (χ3n) is 3.09. The third-order valence-corrected chi connectivity index (χ3v) is 3.09. The molecule has 0 aromatic rings. The van der Waals surface area contributed by atoms with Crippen molar-refractivity contribution in [2.75, 3.05) is 0 Å². The second-order valence-corrected chi connectivity index (χ2v) is 5.91. The van der Waals surface area contributed by atoms with Gasteiger partial charge in [0.15, 0.2) is 0 Å². The molecule has 0 saturated heterocycles. The fourth-order valence-corrected chi connectivity index (χ4v) is 1.94. The molecule has 0 aliphatic rings. The smallest absolute Gasteiger partial charge is 0.0354 e. The predicted octanol–water partition coefficient (Wildman–Crippen LogP) is 5.42. The van der Waals surface area contributed by atoms with Crippen LogP contribution in [0.5, 0.6) is 0 Å². The first-order valence-corrected chi connectivity index (χ1v) is 6.48. The molecule has 0 spiro atoms. The highest BCUT2D eigenvalue weighted by atomic mass is 14.2. The van der Waals surface area contributed by atoms with Crippen molar-refractivity contribution in [2.24, 2.45) is 11.3 Å². The first kappa shape index (κ1) is 14.0. The standard InChI is InChI=1S/C14H30/c1-6-7-11-14(4,5)12-9-8-10-13(2)3/h13H,6-12H2,1-5H3. The zero-order valence-electron chi connectivity index (χ0n) is 11.0. The summed E-state index contributed by atoms with van der Waals surface area (Å²) >= 11 is 0. The molecule has 14 heavy (non-hydrogen) atoms. The molecule has 0 aliphatic carbocycles. The van der Waals surface area contributed by atoms with Crippen molar-refractivity contribution in [3.8, 4) is 0 Å². The predicted molar refractivity (Wildman–Crippen MR) is 66.6 cm³/mol. The Hall–Kier alpha value is 0. The molecule has 0 heterocycles. The molecule has 0 aromatic heterocycles. The largest absolute Gasteiger partial charge is 0.0654 e. The number of rotatable bonds is 8. The van der Waals surface area contributed by atoms with Crippen LogP contribution in [0, 0.1) is 11.3 Å². The average Bonchev–Trinajstić information content (AvgIpc) is 2.09. The Kier molecular flexibility index (Phi) is 7.31. The van der Waals surface area contributed by atoms with Gasteiger partial charge in [0.1, 0.15) is 0 Å². The molecule has 0 aliphatic heterocycles. The fourth-order valence-electron chi connectivity index (χ4n) is 1.94. The zero-order chi connectivity index (χ0) is 11.0. The Bertz CT molecular complexity index is 122. The van der Waals surface area contributed by atoms with Crippen LogP contribution in [0.4, 0.5) is 0 Å². The molecular weight excluding hydrogens is 168 g/mol. The van der Waals surface area contributed by atoms with Gasteiger partial charge in [-0.05, 0) is 24.2 Å². The quantitative estimate of drug-likeness (QED) is 0.457. The van der Waals surface area contributed by atoms with Crippen molar-refractivity contribution in [1.82, 2.24) is 0 Å². The maximum absolute atomic E-state index is 2.43. The van der Waals surface area contributed by atoms with Crippen molar-refractivity contribution in [1.29, 1.82) is 0 Å². The van der Waals surface area contributed by atoms with E-state index in [-0.39, 0.29) is 0 Å². The molecule has 0 N–H and O–H groups in total. The van der Waals surface area contributed by atoms with Gasteiger partial charge in [-0.3, -0.25) is 0 Å². The Morgan fingerprint density at radius 2 is 1.50 bits per heavy atom. The molecule has 0 fully saturated rings. The molecule has 0 radical (unpaired) electrons. The van der Waals surface area contributed by atoms with Crippen LogP contribution in [-0.2, 0) is 0 Å². The molecule has 0 aromatic carbocycles. The van der Waals surface area contributed by atoms with E-state index in [9.17, 15) is 0 Å². The van der Waals surface area contributed by atoms with E-state index < -0.39 is 0 Å². The Balaban J connectivity index is 3.44. The Morgan fingerprint density at radius 3 is 2.00 bits per heavy atom. The number of hydrogen-bond acceptors (Lipinski definition) is 0. The highest BCUT2D eigenvalue weighted by Gasteiger charge is 2.15. The molecular formula is C14H30. The minimum absolute atomic E-state index is 0.590. The molecule has 0 bridgehead atoms. The van der Waals surface area contributed by atoms with Crippen molar-refractivity contribution in [3.63, 3.8) is 0 Å². The van der Waals surface area contributed by atoms with Crippen LogP contribution >= 0.6 is 0 Å². The SMILES string of the molecule is CCCCC(C)(C)CCCCC(C)C. The van der Waals surface area contributed by atoms with E-state index >= 15 is 0 Å². The van der Waals surface area contributed by atoms with E-state index in [0.717, 1.165) is 5.92 Å². The van der Waals surface area contributed by atoms with Crippen molar-refractivity contribution in [2.45, 2.75) is 79.6 Å². The van der Waals surface area contributed by atoms with E-state index in [1.807, 2.05) is 0 Å². The van der Waals surface area contributed by atoms with Gasteiger partial charge in [-0.1, -0.05) is 66.7 Å². The Labute approximate surface area is 91.5 Å². The molecule has 0 unspecified atom stereocenters. The van der Waals surface area contributed by atoms with Crippen molar-refractivity contribution < 1.29 is 0 Å². The van der Waals surface area contributed by atoms with Gasteiger partial charge < -0.3 is 0 Å². The third kappa shape index (κ3) is 8.59. The van der Waals surface area contributed by atoms with Crippen LogP contribution < -0.4 is 0 Å². The van der Waals surface area contributed by atoms with Gasteiger partial charge in [-0.2, -0.15) is 0 Å². The van der Waals surface area contributed by atoms with Gasteiger partial charge in [0.2, 0.25) is 0 Å². The lowest BCUT2D eigenvalue weighted by Gasteiger charge is -2.24. The monoisotopic (exact) mass is 198 g/mol. The summed E-state index contributed by atoms with van der Waals surface area (Å²) in [5, 5.41) is 0. The van der Waals surface area contributed by atoms with Crippen molar-refractivity contribution >= 4 is 0 Å². The summed E-state index contributed by atoms with van der Waals surface area (Å²) in [5.74, 6) is 0.883. The molecule has 0 amide bonds. The minimum Gasteiger partial charge on any atom is -0.0654 e. The maximum atomic E-state index is 2.43. The fraction of sp³-hybridized carbons (Fsp3) is 1.00. The van der Waals surface area contributed by atoms with Gasteiger partial charge in [0.25, 0.3) is 0 Å². The van der Waals surface area contributed by atoms with Crippen LogP contribution in [0.1, 0.15) is 79.6 Å². The first-order chi connectivity index (χ1) is 6.48. The normalized spacial score (nSPS) is 12.4. The zero-order valence-corrected chi connectivity index (χ0v) is 11.0. The molecule has 0 rings (SSSR count). The average molecular weight is 198 g/mol. The molecule has 0 atom stereocenters. The van der Waals surface area contributed by atoms with Crippen LogP contribution in [0.15, 0.2) is 0 Å². The summed E-state index contributed by atoms with van der Waals surface area (Å²) in [6.07, 6.45) is 9.82. The molecule has 0 heteroatoms. The number of hydrogen-bond donors (Lipinski definition) is 0. The summed E-state index contributed by atoms with van der Waals surface area (Å²) in [5.41, 5.74) is 0.590. The summed E-state index contributed by atoms with van der Waals surface area (Å²) in [6, 6.07) is 0. The molecule has 86 valence electrons. The van der Waals surface area contributed by atoms with E-state index in [4.69, 9.17) is 0 Å². The molecule has 0 nitrogen and oxygen atoms in total. The second-order valence-electron chi connectivity index (χ2n) is 5.91. The first-order valence-electron chi connectivity index (χ1n) is 6.48. The van der Waals surface area contributed by atoms with Gasteiger partial charge in [-0.15, -0.1) is 0 Å². The summed E-state index contributed by atoms with van der Waals surface area (Å²) in [6.45, 7) is 11.8. The minimum atomic E-state index is 0.590. The van der Waals surface area contributed by atoms with Gasteiger partial charge in [-0.25, -0.2) is 0 Å². The lowest BCUT2D eigenvalue weighted by molar-refractivity contribution is 0.283. The summed E-state index contributed by atoms with van der Waals surface area (Å²) < 4.78 is 0. The van der Waals surface area contributed by atoms with E-state index in [2.05, 4.69) is 34.6 Å². The topological polar surface area (TPSA) is 0 Å². The van der Waals surface area contributed by atoms with E-state index in [1.165, 1.54) is 44.9 Å².